The summed E-state index contributed by atoms with van der Waals surface area (Å²) in [6.45, 7) is 2.55. The van der Waals surface area contributed by atoms with Crippen molar-refractivity contribution >= 4 is 11.6 Å². The van der Waals surface area contributed by atoms with Gasteiger partial charge in [-0.25, -0.2) is 0 Å². The molecule has 2 unspecified atom stereocenters. The largest absolute Gasteiger partial charge is 0.390 e. The fraction of sp³-hybridized carbons (Fsp3) is 0.500. The van der Waals surface area contributed by atoms with Crippen LogP contribution in [-0.2, 0) is 0 Å². The average Bonchev–Trinajstić information content (AvgIpc) is 2.28. The van der Waals surface area contributed by atoms with E-state index < -0.39 is 12.2 Å². The maximum absolute atomic E-state index is 9.98. The summed E-state index contributed by atoms with van der Waals surface area (Å²) in [7, 11) is 1.81. The van der Waals surface area contributed by atoms with Gasteiger partial charge in [0.2, 0.25) is 0 Å². The van der Waals surface area contributed by atoms with Gasteiger partial charge in [-0.15, -0.1) is 0 Å². The zero-order valence-electron chi connectivity index (χ0n) is 9.57. The van der Waals surface area contributed by atoms with Crippen molar-refractivity contribution in [3.8, 4) is 0 Å². The lowest BCUT2D eigenvalue weighted by atomic mass is 9.98. The van der Waals surface area contributed by atoms with Crippen LogP contribution in [0.3, 0.4) is 0 Å². The van der Waals surface area contributed by atoms with Crippen LogP contribution in [-0.4, -0.2) is 29.9 Å². The number of aryl methyl sites for hydroxylation is 1. The van der Waals surface area contributed by atoms with Crippen molar-refractivity contribution in [1.82, 2.24) is 5.32 Å². The standard InChI is InChI=1S/C12H18ClNO2/c1-8-3-4-9(13)7-10(8)12(16)11(15)5-6-14-2/h3-4,7,11-12,14-16H,5-6H2,1-2H3. The third-order valence-electron chi connectivity index (χ3n) is 2.61. The summed E-state index contributed by atoms with van der Waals surface area (Å²) in [6, 6.07) is 5.31. The molecule has 0 spiro atoms. The molecule has 1 rings (SSSR count). The minimum Gasteiger partial charge on any atom is -0.390 e. The fourth-order valence-corrected chi connectivity index (χ4v) is 1.77. The van der Waals surface area contributed by atoms with Gasteiger partial charge in [-0.1, -0.05) is 17.7 Å². The fourth-order valence-electron chi connectivity index (χ4n) is 1.59. The first-order valence-corrected chi connectivity index (χ1v) is 5.71. The highest BCUT2D eigenvalue weighted by Gasteiger charge is 2.19. The van der Waals surface area contributed by atoms with E-state index in [0.717, 1.165) is 5.56 Å². The first-order valence-electron chi connectivity index (χ1n) is 5.33. The molecule has 3 nitrogen and oxygen atoms in total. The van der Waals surface area contributed by atoms with Gasteiger partial charge in [0.05, 0.1) is 6.10 Å². The van der Waals surface area contributed by atoms with Gasteiger partial charge >= 0.3 is 0 Å². The molecule has 0 bridgehead atoms. The predicted molar refractivity (Wildman–Crippen MR) is 65.7 cm³/mol. The minimum atomic E-state index is -0.882. The van der Waals surface area contributed by atoms with E-state index >= 15 is 0 Å². The first kappa shape index (κ1) is 13.5. The van der Waals surface area contributed by atoms with Crippen LogP contribution in [0, 0.1) is 6.92 Å². The van der Waals surface area contributed by atoms with E-state index in [1.54, 1.807) is 12.1 Å². The quantitative estimate of drug-likeness (QED) is 0.737. The molecule has 0 aliphatic rings. The second-order valence-corrected chi connectivity index (χ2v) is 4.34. The van der Waals surface area contributed by atoms with Gasteiger partial charge < -0.3 is 15.5 Å². The molecular formula is C12H18ClNO2. The molecule has 0 aromatic heterocycles. The summed E-state index contributed by atoms with van der Waals surface area (Å²) in [5.74, 6) is 0. The third-order valence-corrected chi connectivity index (χ3v) is 2.85. The normalized spacial score (nSPS) is 14.8. The monoisotopic (exact) mass is 243 g/mol. The number of nitrogens with one attached hydrogen (secondary N) is 1. The van der Waals surface area contributed by atoms with Gasteiger partial charge in [0.15, 0.2) is 0 Å². The smallest absolute Gasteiger partial charge is 0.105 e. The lowest BCUT2D eigenvalue weighted by Gasteiger charge is -2.20. The molecule has 2 atom stereocenters. The molecule has 4 heteroatoms. The van der Waals surface area contributed by atoms with Crippen molar-refractivity contribution in [3.63, 3.8) is 0 Å². The summed E-state index contributed by atoms with van der Waals surface area (Å²) in [6.07, 6.45) is -1.15. The topological polar surface area (TPSA) is 52.5 Å². The molecule has 0 amide bonds. The van der Waals surface area contributed by atoms with E-state index in [2.05, 4.69) is 5.32 Å². The van der Waals surface area contributed by atoms with E-state index in [-0.39, 0.29) is 0 Å². The number of halogens is 1. The van der Waals surface area contributed by atoms with Gasteiger partial charge in [0.1, 0.15) is 6.10 Å². The van der Waals surface area contributed by atoms with Gasteiger partial charge in [0, 0.05) is 5.02 Å². The molecule has 3 N–H and O–H groups in total. The van der Waals surface area contributed by atoms with E-state index in [1.165, 1.54) is 0 Å². The van der Waals surface area contributed by atoms with E-state index in [4.69, 9.17) is 11.6 Å². The Morgan fingerprint density at radius 3 is 2.69 bits per heavy atom. The van der Waals surface area contributed by atoms with Crippen molar-refractivity contribution in [1.29, 1.82) is 0 Å². The highest BCUT2D eigenvalue weighted by Crippen LogP contribution is 2.25. The number of aliphatic hydroxyl groups is 2. The summed E-state index contributed by atoms with van der Waals surface area (Å²) >= 11 is 5.86. The number of rotatable bonds is 5. The number of hydrogen-bond donors (Lipinski definition) is 3. The SMILES string of the molecule is CNCCC(O)C(O)c1cc(Cl)ccc1C. The van der Waals surface area contributed by atoms with Crippen molar-refractivity contribution in [2.24, 2.45) is 0 Å². The van der Waals surface area contributed by atoms with Crippen LogP contribution in [0.5, 0.6) is 0 Å². The summed E-state index contributed by atoms with van der Waals surface area (Å²) in [4.78, 5) is 0. The lowest BCUT2D eigenvalue weighted by Crippen LogP contribution is -2.23. The summed E-state index contributed by atoms with van der Waals surface area (Å²) in [5, 5.41) is 23.3. The number of hydrogen-bond acceptors (Lipinski definition) is 3. The second-order valence-electron chi connectivity index (χ2n) is 3.91. The summed E-state index contributed by atoms with van der Waals surface area (Å²) < 4.78 is 0. The predicted octanol–water partition coefficient (Wildman–Crippen LogP) is 1.65. The molecule has 16 heavy (non-hydrogen) atoms. The molecule has 0 saturated carbocycles. The maximum atomic E-state index is 9.98. The molecule has 1 aromatic carbocycles. The third kappa shape index (κ3) is 3.46. The van der Waals surface area contributed by atoms with Crippen LogP contribution < -0.4 is 5.32 Å². The zero-order chi connectivity index (χ0) is 12.1. The Bertz CT molecular complexity index is 344. The highest BCUT2D eigenvalue weighted by atomic mass is 35.5. The van der Waals surface area contributed by atoms with E-state index in [9.17, 15) is 10.2 Å². The Labute approximate surface area is 101 Å². The Balaban J connectivity index is 2.78. The van der Waals surface area contributed by atoms with E-state index in [0.29, 0.717) is 23.6 Å². The van der Waals surface area contributed by atoms with Crippen molar-refractivity contribution < 1.29 is 10.2 Å². The minimum absolute atomic E-state index is 0.504. The Kier molecular flexibility index (Phi) is 5.22. The Morgan fingerprint density at radius 2 is 2.06 bits per heavy atom. The second kappa shape index (κ2) is 6.21. The molecule has 0 fully saturated rings. The van der Waals surface area contributed by atoms with Gasteiger partial charge in [-0.3, -0.25) is 0 Å². The van der Waals surface area contributed by atoms with Crippen LogP contribution in [0.2, 0.25) is 5.02 Å². The molecule has 0 radical (unpaired) electrons. The Morgan fingerprint density at radius 1 is 1.38 bits per heavy atom. The molecule has 1 aromatic rings. The summed E-state index contributed by atoms with van der Waals surface area (Å²) in [5.41, 5.74) is 1.62. The zero-order valence-corrected chi connectivity index (χ0v) is 10.3. The van der Waals surface area contributed by atoms with Crippen LogP contribution in [0.15, 0.2) is 18.2 Å². The van der Waals surface area contributed by atoms with Gasteiger partial charge in [-0.2, -0.15) is 0 Å². The first-order chi connectivity index (χ1) is 7.56. The van der Waals surface area contributed by atoms with E-state index in [1.807, 2.05) is 20.0 Å². The molecule has 90 valence electrons. The lowest BCUT2D eigenvalue weighted by molar-refractivity contribution is 0.0137. The molecule has 0 aliphatic carbocycles. The van der Waals surface area contributed by atoms with Crippen LogP contribution in [0.25, 0.3) is 0 Å². The van der Waals surface area contributed by atoms with Crippen molar-refractivity contribution in [3.05, 3.63) is 34.3 Å². The molecule has 0 heterocycles. The van der Waals surface area contributed by atoms with Crippen molar-refractivity contribution in [2.45, 2.75) is 25.6 Å². The van der Waals surface area contributed by atoms with Crippen LogP contribution >= 0.6 is 11.6 Å². The van der Waals surface area contributed by atoms with Gasteiger partial charge in [0.25, 0.3) is 0 Å². The number of aliphatic hydroxyl groups excluding tert-OH is 2. The van der Waals surface area contributed by atoms with Crippen LogP contribution in [0.4, 0.5) is 0 Å². The van der Waals surface area contributed by atoms with Crippen LogP contribution in [0.1, 0.15) is 23.7 Å². The average molecular weight is 244 g/mol. The molecule has 0 saturated heterocycles. The Hall–Kier alpha value is -0.610. The van der Waals surface area contributed by atoms with Crippen molar-refractivity contribution in [2.75, 3.05) is 13.6 Å². The molecular weight excluding hydrogens is 226 g/mol. The maximum Gasteiger partial charge on any atom is 0.105 e. The highest BCUT2D eigenvalue weighted by molar-refractivity contribution is 6.30. The number of benzene rings is 1. The molecule has 0 aliphatic heterocycles. The van der Waals surface area contributed by atoms with Gasteiger partial charge in [-0.05, 0) is 50.2 Å².